The Morgan fingerprint density at radius 1 is 1.05 bits per heavy atom. The van der Waals surface area contributed by atoms with Crippen LogP contribution < -0.4 is 0 Å². The molecule has 1 atom stereocenters. The Morgan fingerprint density at radius 3 is 2.05 bits per heavy atom. The van der Waals surface area contributed by atoms with Gasteiger partial charge in [0.2, 0.25) is 0 Å². The number of hydrogen-bond acceptors (Lipinski definition) is 3. The van der Waals surface area contributed by atoms with E-state index in [2.05, 4.69) is 12.1 Å². The molecule has 110 valence electrons. The fraction of sp³-hybridized carbons (Fsp3) is 0.625. The number of hydrogen-bond donors (Lipinski definition) is 1. The fourth-order valence-electron chi connectivity index (χ4n) is 2.26. The summed E-state index contributed by atoms with van der Waals surface area (Å²) >= 11 is 0. The Balaban J connectivity index is 2.01. The van der Waals surface area contributed by atoms with Crippen LogP contribution in [-0.2, 0) is 15.7 Å². The molecule has 2 rings (SSSR count). The first kappa shape index (κ1) is 15.6. The zero-order chi connectivity index (χ0) is 15.0. The van der Waals surface area contributed by atoms with E-state index in [9.17, 15) is 5.11 Å². The molecule has 0 amide bonds. The van der Waals surface area contributed by atoms with E-state index in [1.54, 1.807) is 6.92 Å². The highest BCUT2D eigenvalue weighted by Gasteiger charge is 2.57. The Morgan fingerprint density at radius 2 is 1.55 bits per heavy atom. The summed E-state index contributed by atoms with van der Waals surface area (Å²) in [5.74, 6) is 0. The fourth-order valence-corrected chi connectivity index (χ4v) is 2.26. The SMILES string of the molecule is CC(O)(CCc1ccccc1)B1OC(C)(C)C(C)(C)O1. The van der Waals surface area contributed by atoms with Crippen molar-refractivity contribution in [2.75, 3.05) is 0 Å². The van der Waals surface area contributed by atoms with E-state index >= 15 is 0 Å². The first-order valence-corrected chi connectivity index (χ1v) is 7.26. The average Bonchev–Trinajstić information content (AvgIpc) is 2.58. The Bertz CT molecular complexity index is 438. The van der Waals surface area contributed by atoms with Crippen LogP contribution in [0.1, 0.15) is 46.6 Å². The summed E-state index contributed by atoms with van der Waals surface area (Å²) in [5, 5.41) is 10.7. The van der Waals surface area contributed by atoms with E-state index in [-0.39, 0.29) is 0 Å². The normalized spacial score (nSPS) is 23.6. The molecule has 3 nitrogen and oxygen atoms in total. The highest BCUT2D eigenvalue weighted by molar-refractivity contribution is 6.49. The predicted molar refractivity (Wildman–Crippen MR) is 81.5 cm³/mol. The lowest BCUT2D eigenvalue weighted by molar-refractivity contribution is 0.00578. The van der Waals surface area contributed by atoms with Gasteiger partial charge in [0.25, 0.3) is 0 Å². The minimum Gasteiger partial charge on any atom is -0.401 e. The van der Waals surface area contributed by atoms with Crippen LogP contribution in [0.2, 0.25) is 0 Å². The molecule has 1 saturated heterocycles. The first-order valence-electron chi connectivity index (χ1n) is 7.26. The van der Waals surface area contributed by atoms with Gasteiger partial charge in [-0.25, -0.2) is 0 Å². The molecule has 4 heteroatoms. The Kier molecular flexibility index (Phi) is 4.02. The number of benzene rings is 1. The van der Waals surface area contributed by atoms with Gasteiger partial charge < -0.3 is 14.4 Å². The van der Waals surface area contributed by atoms with Crippen LogP contribution in [0, 0.1) is 0 Å². The third-order valence-electron chi connectivity index (χ3n) is 4.52. The molecule has 0 spiro atoms. The van der Waals surface area contributed by atoms with E-state index in [4.69, 9.17) is 9.31 Å². The van der Waals surface area contributed by atoms with Crippen LogP contribution >= 0.6 is 0 Å². The largest absolute Gasteiger partial charge is 0.491 e. The minimum atomic E-state index is -0.999. The van der Waals surface area contributed by atoms with E-state index in [0.717, 1.165) is 6.42 Å². The van der Waals surface area contributed by atoms with E-state index in [1.807, 2.05) is 45.9 Å². The molecule has 1 unspecified atom stereocenters. The standard InChI is InChI=1S/C16H25BO3/c1-14(2)15(3,4)20-17(19-14)16(5,18)12-11-13-9-7-6-8-10-13/h6-10,18H,11-12H2,1-5H3. The zero-order valence-corrected chi connectivity index (χ0v) is 13.1. The van der Waals surface area contributed by atoms with Gasteiger partial charge in [-0.1, -0.05) is 30.3 Å². The quantitative estimate of drug-likeness (QED) is 0.859. The van der Waals surface area contributed by atoms with Gasteiger partial charge >= 0.3 is 7.12 Å². The molecule has 0 aliphatic carbocycles. The van der Waals surface area contributed by atoms with Gasteiger partial charge in [0.1, 0.15) is 0 Å². The summed E-state index contributed by atoms with van der Waals surface area (Å²) in [7, 11) is -0.587. The van der Waals surface area contributed by atoms with E-state index in [1.165, 1.54) is 5.56 Å². The van der Waals surface area contributed by atoms with Crippen LogP contribution in [0.25, 0.3) is 0 Å². The van der Waals surface area contributed by atoms with Crippen molar-refractivity contribution >= 4 is 7.12 Å². The van der Waals surface area contributed by atoms with Gasteiger partial charge in [0.15, 0.2) is 0 Å². The van der Waals surface area contributed by atoms with Crippen molar-refractivity contribution in [3.05, 3.63) is 35.9 Å². The van der Waals surface area contributed by atoms with Crippen LogP contribution in [0.5, 0.6) is 0 Å². The van der Waals surface area contributed by atoms with Crippen LogP contribution in [-0.4, -0.2) is 28.9 Å². The highest BCUT2D eigenvalue weighted by atomic mass is 16.7. The topological polar surface area (TPSA) is 38.7 Å². The Hall–Kier alpha value is -0.835. The first-order chi connectivity index (χ1) is 9.14. The molecule has 1 aliphatic heterocycles. The lowest BCUT2D eigenvalue weighted by Gasteiger charge is -2.32. The summed E-state index contributed by atoms with van der Waals surface area (Å²) in [6.45, 7) is 9.79. The van der Waals surface area contributed by atoms with Crippen LogP contribution in [0.15, 0.2) is 30.3 Å². The van der Waals surface area contributed by atoms with Crippen LogP contribution in [0.4, 0.5) is 0 Å². The van der Waals surface area contributed by atoms with Crippen molar-refractivity contribution in [3.63, 3.8) is 0 Å². The summed E-state index contributed by atoms with van der Waals surface area (Å²) < 4.78 is 11.9. The number of aliphatic hydroxyl groups is 1. The van der Waals surface area contributed by atoms with Gasteiger partial charge in [-0.15, -0.1) is 0 Å². The molecule has 1 aromatic carbocycles. The summed E-state index contributed by atoms with van der Waals surface area (Å²) in [4.78, 5) is 0. The van der Waals surface area contributed by atoms with E-state index < -0.39 is 23.8 Å². The maximum absolute atomic E-state index is 10.7. The van der Waals surface area contributed by atoms with Gasteiger partial charge in [0, 0.05) is 0 Å². The number of rotatable bonds is 4. The molecular weight excluding hydrogens is 251 g/mol. The second kappa shape index (κ2) is 5.17. The molecule has 0 radical (unpaired) electrons. The zero-order valence-electron chi connectivity index (χ0n) is 13.1. The molecular formula is C16H25BO3. The molecule has 1 aromatic rings. The second-order valence-corrected chi connectivity index (χ2v) is 6.93. The Labute approximate surface area is 122 Å². The van der Waals surface area contributed by atoms with Crippen molar-refractivity contribution in [2.45, 2.75) is 64.2 Å². The van der Waals surface area contributed by atoms with Gasteiger partial charge in [0.05, 0.1) is 16.7 Å². The van der Waals surface area contributed by atoms with Crippen molar-refractivity contribution in [1.82, 2.24) is 0 Å². The second-order valence-electron chi connectivity index (χ2n) is 6.93. The molecule has 20 heavy (non-hydrogen) atoms. The summed E-state index contributed by atoms with van der Waals surface area (Å²) in [5.41, 5.74) is -0.603. The van der Waals surface area contributed by atoms with Crippen molar-refractivity contribution in [1.29, 1.82) is 0 Å². The van der Waals surface area contributed by atoms with Crippen molar-refractivity contribution in [2.24, 2.45) is 0 Å². The lowest BCUT2D eigenvalue weighted by Crippen LogP contribution is -2.46. The van der Waals surface area contributed by atoms with Crippen LogP contribution in [0.3, 0.4) is 0 Å². The van der Waals surface area contributed by atoms with Crippen molar-refractivity contribution in [3.8, 4) is 0 Å². The summed E-state index contributed by atoms with van der Waals surface area (Å²) in [6, 6.07) is 10.2. The average molecular weight is 276 g/mol. The maximum atomic E-state index is 10.7. The molecule has 1 fully saturated rings. The predicted octanol–water partition coefficient (Wildman–Crippen LogP) is 3.00. The third-order valence-corrected chi connectivity index (χ3v) is 4.52. The monoisotopic (exact) mass is 276 g/mol. The smallest absolute Gasteiger partial charge is 0.401 e. The molecule has 0 saturated carbocycles. The minimum absolute atomic E-state index is 0.408. The van der Waals surface area contributed by atoms with Gasteiger partial charge in [-0.3, -0.25) is 0 Å². The molecule has 0 bridgehead atoms. The summed E-state index contributed by atoms with van der Waals surface area (Å²) in [6.07, 6.45) is 1.41. The van der Waals surface area contributed by atoms with Crippen molar-refractivity contribution < 1.29 is 14.4 Å². The lowest BCUT2D eigenvalue weighted by atomic mass is 9.65. The third kappa shape index (κ3) is 3.08. The van der Waals surface area contributed by atoms with Gasteiger partial charge in [-0.05, 0) is 53.0 Å². The maximum Gasteiger partial charge on any atom is 0.491 e. The van der Waals surface area contributed by atoms with E-state index in [0.29, 0.717) is 6.42 Å². The number of aryl methyl sites for hydroxylation is 1. The van der Waals surface area contributed by atoms with Gasteiger partial charge in [-0.2, -0.15) is 0 Å². The molecule has 1 heterocycles. The highest BCUT2D eigenvalue weighted by Crippen LogP contribution is 2.40. The molecule has 0 aromatic heterocycles. The molecule has 1 aliphatic rings. The molecule has 1 N–H and O–H groups in total.